The normalized spacial score (nSPS) is 13.0. The highest BCUT2D eigenvalue weighted by atomic mass is 32.1. The van der Waals surface area contributed by atoms with E-state index in [1.165, 1.54) is 101 Å². The van der Waals surface area contributed by atoms with Gasteiger partial charge in [0.15, 0.2) is 5.82 Å². The van der Waals surface area contributed by atoms with Gasteiger partial charge in [-0.25, -0.2) is 9.97 Å². The summed E-state index contributed by atoms with van der Waals surface area (Å²) in [4.78, 5) is 12.7. The first-order valence-corrected chi connectivity index (χ1v) is 26.2. The van der Waals surface area contributed by atoms with Gasteiger partial charge in [0.05, 0.1) is 38.2 Å². The monoisotopic (exact) mass is 954 g/mol. The first-order chi connectivity index (χ1) is 35.6. The average Bonchev–Trinajstić information content (AvgIpc) is 4.27. The van der Waals surface area contributed by atoms with Gasteiger partial charge in [-0.3, -0.25) is 4.57 Å². The molecule has 0 fully saturated rings. The van der Waals surface area contributed by atoms with Gasteiger partial charge in [-0.15, -0.1) is 22.7 Å². The molecule has 9 aromatic carbocycles. The molecule has 0 amide bonds. The second-order valence-electron chi connectivity index (χ2n) is 19.0. The lowest BCUT2D eigenvalue weighted by molar-refractivity contribution is 0.991. The second kappa shape index (κ2) is 15.9. The molecule has 0 radical (unpaired) electrons. The third kappa shape index (κ3) is 6.10. The van der Waals surface area contributed by atoms with E-state index in [-0.39, 0.29) is 0 Å². The van der Waals surface area contributed by atoms with Crippen LogP contribution in [0.3, 0.4) is 0 Å². The van der Waals surface area contributed by atoms with E-state index < -0.39 is 0 Å². The molecule has 0 atom stereocenters. The summed E-state index contributed by atoms with van der Waals surface area (Å²) in [5.41, 5.74) is 15.5. The third-order valence-electron chi connectivity index (χ3n) is 14.9. The van der Waals surface area contributed by atoms with Crippen molar-refractivity contribution in [3.05, 3.63) is 235 Å². The number of benzene rings is 9. The number of nitrogens with zero attached hydrogens (tertiary/aromatic N) is 4. The van der Waals surface area contributed by atoms with E-state index in [0.717, 1.165) is 57.2 Å². The molecule has 1 aliphatic rings. The van der Waals surface area contributed by atoms with E-state index in [1.807, 2.05) is 23.5 Å². The van der Waals surface area contributed by atoms with Gasteiger partial charge < -0.3 is 4.57 Å². The fraction of sp³-hybridized carbons (Fsp3) is 0.0303. The van der Waals surface area contributed by atoms with Gasteiger partial charge in [0, 0.05) is 65.1 Å². The van der Waals surface area contributed by atoms with Crippen LogP contribution in [-0.2, 0) is 6.42 Å². The van der Waals surface area contributed by atoms with Gasteiger partial charge in [0.1, 0.15) is 5.69 Å². The maximum atomic E-state index is 5.82. The maximum absolute atomic E-state index is 5.82. The van der Waals surface area contributed by atoms with E-state index >= 15 is 0 Å². The van der Waals surface area contributed by atoms with Gasteiger partial charge in [-0.05, 0) is 105 Å². The van der Waals surface area contributed by atoms with Gasteiger partial charge in [-0.2, -0.15) is 0 Å². The van der Waals surface area contributed by atoms with Gasteiger partial charge in [0.25, 0.3) is 0 Å². The van der Waals surface area contributed by atoms with Crippen molar-refractivity contribution in [2.75, 3.05) is 0 Å². The zero-order valence-corrected chi connectivity index (χ0v) is 40.9. The molecule has 0 bridgehead atoms. The topological polar surface area (TPSA) is 35.6 Å². The smallest absolute Gasteiger partial charge is 0.165 e. The van der Waals surface area contributed by atoms with E-state index in [9.17, 15) is 0 Å². The van der Waals surface area contributed by atoms with Crippen molar-refractivity contribution in [1.82, 2.24) is 19.1 Å². The number of hydrogen-bond acceptors (Lipinski definition) is 4. The predicted molar refractivity (Wildman–Crippen MR) is 308 cm³/mol. The molecule has 6 heteroatoms. The summed E-state index contributed by atoms with van der Waals surface area (Å²) in [7, 11) is 0. The van der Waals surface area contributed by atoms with Crippen molar-refractivity contribution in [3.63, 3.8) is 0 Å². The Morgan fingerprint density at radius 2 is 1.21 bits per heavy atom. The Morgan fingerprint density at radius 1 is 0.528 bits per heavy atom. The number of thiophene rings is 2. The fourth-order valence-electron chi connectivity index (χ4n) is 11.6. The van der Waals surface area contributed by atoms with Gasteiger partial charge in [-0.1, -0.05) is 164 Å². The first kappa shape index (κ1) is 41.1. The van der Waals surface area contributed by atoms with Crippen LogP contribution >= 0.6 is 22.7 Å². The Balaban J connectivity index is 1.06. The molecule has 0 N–H and O–H groups in total. The van der Waals surface area contributed by atoms with Crippen molar-refractivity contribution >= 4 is 114 Å². The van der Waals surface area contributed by atoms with E-state index in [1.54, 1.807) is 11.3 Å². The fourth-order valence-corrected chi connectivity index (χ4v) is 13.7. The van der Waals surface area contributed by atoms with E-state index in [4.69, 9.17) is 9.97 Å². The molecular formula is C66H42N4S2. The van der Waals surface area contributed by atoms with Crippen LogP contribution in [-0.4, -0.2) is 19.1 Å². The zero-order chi connectivity index (χ0) is 47.6. The molecule has 5 aromatic heterocycles. The Bertz CT molecular complexity index is 4660. The highest BCUT2D eigenvalue weighted by Gasteiger charge is 2.29. The van der Waals surface area contributed by atoms with Gasteiger partial charge in [0.2, 0.25) is 0 Å². The molecule has 15 rings (SSSR count). The molecule has 72 heavy (non-hydrogen) atoms. The van der Waals surface area contributed by atoms with Crippen molar-refractivity contribution < 1.29 is 0 Å². The number of para-hydroxylation sites is 3. The number of hydrogen-bond donors (Lipinski definition) is 0. The summed E-state index contributed by atoms with van der Waals surface area (Å²) in [6.45, 7) is 6.22. The van der Waals surface area contributed by atoms with Crippen LogP contribution in [0.15, 0.2) is 224 Å². The van der Waals surface area contributed by atoms with Crippen molar-refractivity contribution in [3.8, 4) is 44.3 Å². The highest BCUT2D eigenvalue weighted by molar-refractivity contribution is 7.27. The van der Waals surface area contributed by atoms with E-state index in [2.05, 4.69) is 222 Å². The molecular weight excluding hydrogens is 913 g/mol. The predicted octanol–water partition coefficient (Wildman–Crippen LogP) is 18.5. The van der Waals surface area contributed by atoms with Crippen molar-refractivity contribution in [1.29, 1.82) is 0 Å². The van der Waals surface area contributed by atoms with Crippen LogP contribution in [0.1, 0.15) is 18.3 Å². The largest absolute Gasteiger partial charge is 0.309 e. The maximum Gasteiger partial charge on any atom is 0.165 e. The molecule has 0 saturated carbocycles. The summed E-state index contributed by atoms with van der Waals surface area (Å²) in [5.74, 6) is 0.821. The minimum atomic E-state index is 0.742. The van der Waals surface area contributed by atoms with Crippen LogP contribution < -0.4 is 0 Å². The van der Waals surface area contributed by atoms with Crippen LogP contribution in [0, 0.1) is 0 Å². The quantitative estimate of drug-likeness (QED) is 0.149. The van der Waals surface area contributed by atoms with Crippen LogP contribution in [0.5, 0.6) is 0 Å². The number of allylic oxidation sites excluding steroid dienone is 5. The lowest BCUT2D eigenvalue weighted by Gasteiger charge is -2.16. The Morgan fingerprint density at radius 3 is 2.00 bits per heavy atom. The molecule has 0 aliphatic heterocycles. The SMILES string of the molecule is C=C/C=C\C1=C(C)Cc2nc(-c3ccc(-c4cccs4)cc3)c(-n3c4ccccc4c4c5cc(-c6ccc7c8ccccc8n(-c8ccccc8)c7c6)ccc5c5c6cc7ccccc7cc6sc5c43)nc21. The minimum absolute atomic E-state index is 0.742. The lowest BCUT2D eigenvalue weighted by atomic mass is 9.94. The molecule has 338 valence electrons. The molecule has 0 unspecified atom stereocenters. The van der Waals surface area contributed by atoms with Crippen LogP contribution in [0.25, 0.3) is 135 Å². The Hall–Kier alpha value is -8.68. The molecule has 14 aromatic rings. The number of aromatic nitrogens is 4. The van der Waals surface area contributed by atoms with Crippen LogP contribution in [0.4, 0.5) is 0 Å². The van der Waals surface area contributed by atoms with Crippen molar-refractivity contribution in [2.45, 2.75) is 13.3 Å². The lowest BCUT2D eigenvalue weighted by Crippen LogP contribution is -2.07. The molecule has 5 heterocycles. The van der Waals surface area contributed by atoms with E-state index in [0.29, 0.717) is 0 Å². The summed E-state index contributed by atoms with van der Waals surface area (Å²) >= 11 is 3.64. The minimum Gasteiger partial charge on any atom is -0.309 e. The molecule has 0 spiro atoms. The van der Waals surface area contributed by atoms with Crippen LogP contribution in [0.2, 0.25) is 0 Å². The zero-order valence-electron chi connectivity index (χ0n) is 39.2. The summed E-state index contributed by atoms with van der Waals surface area (Å²) in [6, 6.07) is 69.4. The summed E-state index contributed by atoms with van der Waals surface area (Å²) < 4.78 is 7.36. The molecule has 4 nitrogen and oxygen atoms in total. The molecule has 0 saturated heterocycles. The Labute approximate surface area is 423 Å². The third-order valence-corrected chi connectivity index (χ3v) is 17.0. The summed E-state index contributed by atoms with van der Waals surface area (Å²) in [5, 5.41) is 14.5. The summed E-state index contributed by atoms with van der Waals surface area (Å²) in [6.07, 6.45) is 6.74. The number of fused-ring (bicyclic) bond motifs is 15. The highest BCUT2D eigenvalue weighted by Crippen LogP contribution is 2.50. The standard InChI is InChI=1S/C66H42N4S2/c1-3-4-19-47-39(2)34-54-63(47)68-66(62(67-54)41-27-25-40(26-28-41)58-24-14-33-71-58)70-56-23-13-11-21-51(56)60-52-35-44(30-32-50(52)61-53-36-42-15-8-9-16-43(42)38-59(53)72-65(61)64(60)70)45-29-31-49-48-20-10-12-22-55(48)69(57(49)37-45)46-17-6-5-7-18-46/h3-33,35-38H,1,34H2,2H3/b19-4-. The van der Waals surface area contributed by atoms with Crippen molar-refractivity contribution in [2.24, 2.45) is 0 Å². The average molecular weight is 955 g/mol. The molecule has 1 aliphatic carbocycles. The van der Waals surface area contributed by atoms with Gasteiger partial charge >= 0.3 is 0 Å². The number of rotatable bonds is 7. The first-order valence-electron chi connectivity index (χ1n) is 24.5. The second-order valence-corrected chi connectivity index (χ2v) is 21.0. The Kier molecular flexibility index (Phi) is 9.10.